The zero-order valence-corrected chi connectivity index (χ0v) is 17.6. The highest BCUT2D eigenvalue weighted by Crippen LogP contribution is 2.37. The fraction of sp³-hybridized carbons (Fsp3) is 0.250. The Morgan fingerprint density at radius 3 is 2.45 bits per heavy atom. The van der Waals surface area contributed by atoms with Crippen molar-refractivity contribution in [2.75, 3.05) is 32.1 Å². The lowest BCUT2D eigenvalue weighted by molar-refractivity contribution is 0.315. The van der Waals surface area contributed by atoms with Crippen molar-refractivity contribution in [1.29, 1.82) is 0 Å². The molecule has 0 aliphatic carbocycles. The molecule has 1 fully saturated rings. The fourth-order valence-corrected chi connectivity index (χ4v) is 4.98. The number of benzene rings is 2. The molecule has 0 saturated carbocycles. The van der Waals surface area contributed by atoms with Gasteiger partial charge in [0.05, 0.1) is 16.1 Å². The van der Waals surface area contributed by atoms with E-state index >= 15 is 0 Å². The van der Waals surface area contributed by atoms with Crippen LogP contribution < -0.4 is 4.90 Å². The smallest absolute Gasteiger partial charge is 0.226 e. The fourth-order valence-electron chi connectivity index (χ4n) is 3.96. The Labute approximate surface area is 175 Å². The zero-order chi connectivity index (χ0) is 19.8. The number of aromatic nitrogens is 2. The van der Waals surface area contributed by atoms with E-state index < -0.39 is 0 Å². The average molecular weight is 401 g/mol. The third kappa shape index (κ3) is 3.52. The van der Waals surface area contributed by atoms with Gasteiger partial charge in [0, 0.05) is 29.4 Å². The predicted octanol–water partition coefficient (Wildman–Crippen LogP) is 5.17. The van der Waals surface area contributed by atoms with E-state index in [0.29, 0.717) is 6.04 Å². The van der Waals surface area contributed by atoms with Gasteiger partial charge >= 0.3 is 0 Å². The van der Waals surface area contributed by atoms with Crippen LogP contribution in [0.3, 0.4) is 0 Å². The van der Waals surface area contributed by atoms with Gasteiger partial charge < -0.3 is 9.80 Å². The van der Waals surface area contributed by atoms with Crippen molar-refractivity contribution in [3.05, 3.63) is 66.7 Å². The minimum absolute atomic E-state index is 0.556. The summed E-state index contributed by atoms with van der Waals surface area (Å²) in [6, 6.07) is 23.8. The van der Waals surface area contributed by atoms with Crippen LogP contribution in [0.25, 0.3) is 31.9 Å². The van der Waals surface area contributed by atoms with E-state index in [1.165, 1.54) is 15.3 Å². The van der Waals surface area contributed by atoms with E-state index in [1.807, 2.05) is 0 Å². The molecule has 0 N–H and O–H groups in total. The summed E-state index contributed by atoms with van der Waals surface area (Å²) in [5.74, 6) is 0.845. The number of anilines is 1. The number of fused-ring (bicyclic) bond motifs is 1. The first kappa shape index (κ1) is 18.3. The maximum absolute atomic E-state index is 5.06. The molecule has 5 rings (SSSR count). The molecule has 5 heteroatoms. The van der Waals surface area contributed by atoms with Gasteiger partial charge in [-0.15, -0.1) is 11.3 Å². The Morgan fingerprint density at radius 1 is 0.897 bits per heavy atom. The van der Waals surface area contributed by atoms with Crippen LogP contribution in [0.2, 0.25) is 0 Å². The van der Waals surface area contributed by atoms with Crippen molar-refractivity contribution in [3.8, 4) is 21.0 Å². The molecule has 2 aromatic heterocycles. The molecule has 2 aromatic carbocycles. The topological polar surface area (TPSA) is 32.3 Å². The van der Waals surface area contributed by atoms with Crippen LogP contribution in [0.5, 0.6) is 0 Å². The van der Waals surface area contributed by atoms with E-state index in [-0.39, 0.29) is 0 Å². The highest BCUT2D eigenvalue weighted by Gasteiger charge is 2.26. The summed E-state index contributed by atoms with van der Waals surface area (Å²) < 4.78 is 0. The Balaban J connectivity index is 1.58. The number of hydrogen-bond acceptors (Lipinski definition) is 5. The highest BCUT2D eigenvalue weighted by atomic mass is 32.1. The summed E-state index contributed by atoms with van der Waals surface area (Å²) in [4.78, 5) is 17.0. The normalized spacial score (nSPS) is 16.8. The standard InChI is InChI=1S/C24H24N4S/c1-27(2)18-14-15-28(16-18)24-25-20-11-7-6-10-19(20)23(26-24)22-13-12-21(29-22)17-8-4-3-5-9-17/h3-13,18H,14-16H2,1-2H3/t18-/m0/s1. The van der Waals surface area contributed by atoms with E-state index in [0.717, 1.165) is 42.1 Å². The summed E-state index contributed by atoms with van der Waals surface area (Å²) in [7, 11) is 4.30. The van der Waals surface area contributed by atoms with Crippen molar-refractivity contribution in [1.82, 2.24) is 14.9 Å². The van der Waals surface area contributed by atoms with Gasteiger partial charge in [0.15, 0.2) is 0 Å². The summed E-state index contributed by atoms with van der Waals surface area (Å²) >= 11 is 1.79. The first-order valence-corrected chi connectivity index (χ1v) is 10.8. The molecular weight excluding hydrogens is 376 g/mol. The van der Waals surface area contributed by atoms with Crippen molar-refractivity contribution in [2.45, 2.75) is 12.5 Å². The van der Waals surface area contributed by atoms with Gasteiger partial charge in [0.25, 0.3) is 0 Å². The Bertz CT molecular complexity index is 1140. The number of nitrogens with zero attached hydrogens (tertiary/aromatic N) is 4. The minimum atomic E-state index is 0.556. The van der Waals surface area contributed by atoms with E-state index in [9.17, 15) is 0 Å². The van der Waals surface area contributed by atoms with Crippen molar-refractivity contribution in [2.24, 2.45) is 0 Å². The van der Waals surface area contributed by atoms with Gasteiger partial charge in [-0.2, -0.15) is 0 Å². The van der Waals surface area contributed by atoms with Gasteiger partial charge in [-0.25, -0.2) is 9.97 Å². The van der Waals surface area contributed by atoms with E-state index in [2.05, 4.69) is 90.6 Å². The number of para-hydroxylation sites is 1. The van der Waals surface area contributed by atoms with Gasteiger partial charge in [-0.05, 0) is 44.3 Å². The molecule has 0 bridgehead atoms. The highest BCUT2D eigenvalue weighted by molar-refractivity contribution is 7.18. The molecule has 3 heterocycles. The van der Waals surface area contributed by atoms with Gasteiger partial charge in [0.1, 0.15) is 0 Å². The third-order valence-electron chi connectivity index (χ3n) is 5.67. The molecule has 146 valence electrons. The van der Waals surface area contributed by atoms with E-state index in [1.54, 1.807) is 11.3 Å². The molecule has 0 unspecified atom stereocenters. The van der Waals surface area contributed by atoms with Crippen LogP contribution in [0.1, 0.15) is 6.42 Å². The van der Waals surface area contributed by atoms with Crippen LogP contribution in [0, 0.1) is 0 Å². The van der Waals surface area contributed by atoms with Gasteiger partial charge in [-0.3, -0.25) is 0 Å². The average Bonchev–Trinajstić information content (AvgIpc) is 3.44. The quantitative estimate of drug-likeness (QED) is 0.473. The van der Waals surface area contributed by atoms with Crippen LogP contribution in [0.15, 0.2) is 66.7 Å². The maximum Gasteiger partial charge on any atom is 0.226 e. The minimum Gasteiger partial charge on any atom is -0.339 e. The van der Waals surface area contributed by atoms with Crippen LogP contribution in [0.4, 0.5) is 5.95 Å². The largest absolute Gasteiger partial charge is 0.339 e. The Kier molecular flexibility index (Phi) is 4.78. The Hall–Kier alpha value is -2.76. The zero-order valence-electron chi connectivity index (χ0n) is 16.7. The van der Waals surface area contributed by atoms with E-state index in [4.69, 9.17) is 9.97 Å². The summed E-state index contributed by atoms with van der Waals surface area (Å²) in [5.41, 5.74) is 3.29. The molecule has 4 nitrogen and oxygen atoms in total. The molecule has 4 aromatic rings. The first-order valence-electron chi connectivity index (χ1n) is 10.0. The molecule has 1 aliphatic heterocycles. The lowest BCUT2D eigenvalue weighted by Gasteiger charge is -2.21. The lowest BCUT2D eigenvalue weighted by Crippen LogP contribution is -2.32. The van der Waals surface area contributed by atoms with Crippen LogP contribution in [-0.2, 0) is 0 Å². The van der Waals surface area contributed by atoms with Gasteiger partial charge in [-0.1, -0.05) is 48.5 Å². The number of thiophene rings is 1. The second-order valence-corrected chi connectivity index (χ2v) is 8.86. The molecule has 0 amide bonds. The SMILES string of the molecule is CN(C)[C@H]1CCN(c2nc(-c3ccc(-c4ccccc4)s3)c3ccccc3n2)C1. The number of hydrogen-bond donors (Lipinski definition) is 0. The van der Waals surface area contributed by atoms with Crippen molar-refractivity contribution >= 4 is 28.2 Å². The molecule has 29 heavy (non-hydrogen) atoms. The molecule has 1 saturated heterocycles. The van der Waals surface area contributed by atoms with Crippen LogP contribution >= 0.6 is 11.3 Å². The summed E-state index contributed by atoms with van der Waals surface area (Å²) in [6.07, 6.45) is 1.15. The number of rotatable bonds is 4. The lowest BCUT2D eigenvalue weighted by atomic mass is 10.1. The molecule has 0 radical (unpaired) electrons. The van der Waals surface area contributed by atoms with Gasteiger partial charge in [0.2, 0.25) is 5.95 Å². The second-order valence-electron chi connectivity index (χ2n) is 7.77. The monoisotopic (exact) mass is 400 g/mol. The molecule has 0 spiro atoms. The predicted molar refractivity (Wildman–Crippen MR) is 123 cm³/mol. The summed E-state index contributed by atoms with van der Waals surface area (Å²) in [6.45, 7) is 1.98. The third-order valence-corrected chi connectivity index (χ3v) is 6.81. The van der Waals surface area contributed by atoms with Crippen molar-refractivity contribution in [3.63, 3.8) is 0 Å². The molecule has 1 atom stereocenters. The number of likely N-dealkylation sites (N-methyl/N-ethyl adjacent to an activating group) is 1. The Morgan fingerprint density at radius 2 is 1.66 bits per heavy atom. The van der Waals surface area contributed by atoms with Crippen molar-refractivity contribution < 1.29 is 0 Å². The summed E-state index contributed by atoms with van der Waals surface area (Å²) in [5, 5.41) is 1.11. The molecular formula is C24H24N4S. The molecule has 1 aliphatic rings. The first-order chi connectivity index (χ1) is 14.2. The van der Waals surface area contributed by atoms with Crippen LogP contribution in [-0.4, -0.2) is 48.1 Å². The maximum atomic E-state index is 5.06. The second kappa shape index (κ2) is 7.58.